The van der Waals surface area contributed by atoms with E-state index in [4.69, 9.17) is 0 Å². The van der Waals surface area contributed by atoms with Gasteiger partial charge >= 0.3 is 5.69 Å². The van der Waals surface area contributed by atoms with E-state index in [1.54, 1.807) is 11.8 Å². The monoisotopic (exact) mass is 275 g/mol. The molecule has 0 bridgehead atoms. The molecule has 2 heterocycles. The molecule has 1 aliphatic rings. The van der Waals surface area contributed by atoms with Gasteiger partial charge in [-0.25, -0.2) is 4.79 Å². The molecule has 1 aliphatic heterocycles. The van der Waals surface area contributed by atoms with E-state index >= 15 is 0 Å². The zero-order chi connectivity index (χ0) is 13.2. The summed E-state index contributed by atoms with van der Waals surface area (Å²) >= 11 is 1.63. The smallest absolute Gasteiger partial charge is 0.323 e. The fraction of sp³-hybridized carbons (Fsp3) is 0.250. The van der Waals surface area contributed by atoms with Crippen LogP contribution in [0.4, 0.5) is 0 Å². The van der Waals surface area contributed by atoms with Crippen molar-refractivity contribution in [3.8, 4) is 0 Å². The first-order valence-corrected chi connectivity index (χ1v) is 6.98. The first-order valence-electron chi connectivity index (χ1n) is 6.00. The largest absolute Gasteiger partial charge is 0.363 e. The highest BCUT2D eigenvalue weighted by Gasteiger charge is 2.12. The molecule has 3 rings (SSSR count). The number of hydrogen-bond donors (Lipinski definition) is 3. The van der Waals surface area contributed by atoms with Crippen LogP contribution < -0.4 is 11.0 Å². The normalized spacial score (nSPS) is 15.2. The number of amidine groups is 1. The Morgan fingerprint density at radius 2 is 2.16 bits per heavy atom. The minimum absolute atomic E-state index is 0.195. The second-order valence-corrected chi connectivity index (χ2v) is 5.07. The molecule has 0 saturated heterocycles. The van der Waals surface area contributed by atoms with Crippen molar-refractivity contribution >= 4 is 33.7 Å². The van der Waals surface area contributed by atoms with Gasteiger partial charge in [-0.15, -0.1) is 5.10 Å². The third-order valence-electron chi connectivity index (χ3n) is 2.78. The Morgan fingerprint density at radius 1 is 1.32 bits per heavy atom. The van der Waals surface area contributed by atoms with Crippen molar-refractivity contribution < 1.29 is 0 Å². The van der Waals surface area contributed by atoms with E-state index in [9.17, 15) is 4.79 Å². The molecule has 0 spiro atoms. The molecule has 1 aromatic heterocycles. The van der Waals surface area contributed by atoms with Crippen LogP contribution in [0.15, 0.2) is 33.2 Å². The number of aromatic amines is 2. The van der Waals surface area contributed by atoms with Gasteiger partial charge in [-0.2, -0.15) is 5.10 Å². The molecule has 0 fully saturated rings. The van der Waals surface area contributed by atoms with Gasteiger partial charge in [0, 0.05) is 17.9 Å². The summed E-state index contributed by atoms with van der Waals surface area (Å²) in [6.45, 7) is 2.87. The highest BCUT2D eigenvalue weighted by molar-refractivity contribution is 8.14. The molecule has 6 nitrogen and oxygen atoms in total. The molecule has 0 saturated carbocycles. The third-order valence-corrected chi connectivity index (χ3v) is 3.70. The molecular formula is C12H13N5OS. The lowest BCUT2D eigenvalue weighted by molar-refractivity contribution is 0.969. The number of nitrogens with one attached hydrogen (secondary N) is 3. The average molecular weight is 275 g/mol. The molecule has 1 aromatic carbocycles. The van der Waals surface area contributed by atoms with E-state index < -0.39 is 0 Å². The number of fused-ring (bicyclic) bond motifs is 1. The van der Waals surface area contributed by atoms with E-state index in [1.165, 1.54) is 0 Å². The highest BCUT2D eigenvalue weighted by atomic mass is 32.2. The predicted molar refractivity (Wildman–Crippen MR) is 79.0 cm³/mol. The van der Waals surface area contributed by atoms with E-state index in [-0.39, 0.29) is 5.69 Å². The van der Waals surface area contributed by atoms with Gasteiger partial charge in [-0.1, -0.05) is 17.8 Å². The van der Waals surface area contributed by atoms with Crippen LogP contribution in [-0.4, -0.2) is 33.1 Å². The van der Waals surface area contributed by atoms with Crippen molar-refractivity contribution in [2.75, 3.05) is 12.3 Å². The van der Waals surface area contributed by atoms with Crippen molar-refractivity contribution in [1.82, 2.24) is 15.3 Å². The number of thioether (sulfide) groups is 1. The van der Waals surface area contributed by atoms with Crippen LogP contribution in [0.25, 0.3) is 11.0 Å². The number of benzene rings is 1. The summed E-state index contributed by atoms with van der Waals surface area (Å²) in [7, 11) is 0. The molecule has 3 N–H and O–H groups in total. The van der Waals surface area contributed by atoms with Crippen molar-refractivity contribution in [2.45, 2.75) is 6.92 Å². The lowest BCUT2D eigenvalue weighted by Gasteiger charge is -2.12. The number of hydrogen-bond acceptors (Lipinski definition) is 5. The summed E-state index contributed by atoms with van der Waals surface area (Å²) < 4.78 is 0. The van der Waals surface area contributed by atoms with Crippen LogP contribution in [0.1, 0.15) is 12.5 Å². The van der Waals surface area contributed by atoms with E-state index in [0.29, 0.717) is 0 Å². The molecule has 0 amide bonds. The summed E-state index contributed by atoms with van der Waals surface area (Å²) in [6, 6.07) is 5.74. The van der Waals surface area contributed by atoms with Crippen LogP contribution >= 0.6 is 11.8 Å². The topological polar surface area (TPSA) is 85.4 Å². The molecule has 0 radical (unpaired) electrons. The molecule has 0 atom stereocenters. The van der Waals surface area contributed by atoms with Crippen molar-refractivity contribution in [3.05, 3.63) is 34.2 Å². The molecule has 2 aromatic rings. The van der Waals surface area contributed by atoms with E-state index in [2.05, 4.69) is 25.5 Å². The fourth-order valence-electron chi connectivity index (χ4n) is 1.89. The van der Waals surface area contributed by atoms with Crippen molar-refractivity contribution in [1.29, 1.82) is 0 Å². The van der Waals surface area contributed by atoms with Crippen LogP contribution in [0.2, 0.25) is 0 Å². The van der Waals surface area contributed by atoms with Crippen LogP contribution in [0.3, 0.4) is 0 Å². The number of aromatic nitrogens is 2. The molecule has 7 heteroatoms. The van der Waals surface area contributed by atoms with Gasteiger partial charge in [-0.05, 0) is 19.1 Å². The maximum absolute atomic E-state index is 11.2. The van der Waals surface area contributed by atoms with Gasteiger partial charge in [-0.3, -0.25) is 0 Å². The van der Waals surface area contributed by atoms with E-state index in [0.717, 1.165) is 39.8 Å². The second-order valence-electron chi connectivity index (χ2n) is 4.11. The number of nitrogens with zero attached hydrogens (tertiary/aromatic N) is 2. The zero-order valence-electron chi connectivity index (χ0n) is 10.4. The highest BCUT2D eigenvalue weighted by Crippen LogP contribution is 2.17. The van der Waals surface area contributed by atoms with Crippen molar-refractivity contribution in [2.24, 2.45) is 10.2 Å². The Bertz CT molecular complexity index is 727. The number of rotatable bonds is 2. The maximum Gasteiger partial charge on any atom is 0.323 e. The quantitative estimate of drug-likeness (QED) is 0.771. The first-order chi connectivity index (χ1) is 9.26. The Kier molecular flexibility index (Phi) is 3.12. The summed E-state index contributed by atoms with van der Waals surface area (Å²) in [5.41, 5.74) is 3.29. The van der Waals surface area contributed by atoms with Gasteiger partial charge in [0.25, 0.3) is 0 Å². The number of H-pyrrole nitrogens is 2. The molecular weight excluding hydrogens is 262 g/mol. The van der Waals surface area contributed by atoms with Crippen molar-refractivity contribution in [3.63, 3.8) is 0 Å². The lowest BCUT2D eigenvalue weighted by Crippen LogP contribution is -2.23. The van der Waals surface area contributed by atoms with E-state index in [1.807, 2.05) is 25.1 Å². The predicted octanol–water partition coefficient (Wildman–Crippen LogP) is 1.27. The maximum atomic E-state index is 11.2. The van der Waals surface area contributed by atoms with Gasteiger partial charge in [0.05, 0.1) is 16.7 Å². The Morgan fingerprint density at radius 3 is 2.89 bits per heavy atom. The standard InChI is InChI=1S/C12H13N5OS/c1-2-13-12-17-16-10(6-19-12)7-3-4-8-9(5-7)15-11(18)14-8/h3-5H,2,6H2,1H3,(H,13,17)(H2,14,15,18). The van der Waals surface area contributed by atoms with Gasteiger partial charge < -0.3 is 15.3 Å². The average Bonchev–Trinajstić information content (AvgIpc) is 2.79. The van der Waals surface area contributed by atoms with Gasteiger partial charge in [0.15, 0.2) is 5.17 Å². The van der Waals surface area contributed by atoms with Gasteiger partial charge in [0.1, 0.15) is 0 Å². The summed E-state index contributed by atoms with van der Waals surface area (Å²) in [4.78, 5) is 16.7. The second kappa shape index (κ2) is 4.93. The van der Waals surface area contributed by atoms with Crippen LogP contribution in [-0.2, 0) is 0 Å². The molecule has 0 unspecified atom stereocenters. The minimum Gasteiger partial charge on any atom is -0.363 e. The third kappa shape index (κ3) is 2.41. The zero-order valence-corrected chi connectivity index (χ0v) is 11.2. The molecule has 19 heavy (non-hydrogen) atoms. The van der Waals surface area contributed by atoms with Crippen LogP contribution in [0, 0.1) is 0 Å². The van der Waals surface area contributed by atoms with Gasteiger partial charge in [0.2, 0.25) is 0 Å². The summed E-state index contributed by atoms with van der Waals surface area (Å²) in [6.07, 6.45) is 0. The molecule has 98 valence electrons. The fourth-order valence-corrected chi connectivity index (χ4v) is 2.73. The Hall–Kier alpha value is -2.02. The molecule has 0 aliphatic carbocycles. The minimum atomic E-state index is -0.195. The Balaban J connectivity index is 1.94. The van der Waals surface area contributed by atoms with Crippen LogP contribution in [0.5, 0.6) is 0 Å². The summed E-state index contributed by atoms with van der Waals surface area (Å²) in [5, 5.41) is 12.4. The SMILES string of the molecule is CCNC1=NN=C(c2ccc3[nH]c(=O)[nH]c3c2)CS1. The lowest BCUT2D eigenvalue weighted by atomic mass is 10.1. The number of imidazole rings is 1. The first kappa shape index (κ1) is 12.0. The summed E-state index contributed by atoms with van der Waals surface area (Å²) in [5.74, 6) is 0.770. The Labute approximate surface area is 113 Å².